The third kappa shape index (κ3) is 7.32. The number of ether oxygens (including phenoxy) is 1. The molecule has 2 heteroatoms. The van der Waals surface area contributed by atoms with Crippen LogP contribution >= 0.6 is 0 Å². The molecule has 0 fully saturated rings. The van der Waals surface area contributed by atoms with Crippen molar-refractivity contribution in [3.63, 3.8) is 0 Å². The minimum atomic E-state index is 0.700. The molecule has 0 aliphatic carbocycles. The normalized spacial score (nSPS) is 11.5. The monoisotopic (exact) mass is 181 g/mol. The lowest BCUT2D eigenvalue weighted by Crippen LogP contribution is -2.00. The predicted octanol–water partition coefficient (Wildman–Crippen LogP) is 3.51. The maximum absolute atomic E-state index is 5.11. The summed E-state index contributed by atoms with van der Waals surface area (Å²) in [4.78, 5) is 4.00. The molecular weight excluding hydrogens is 162 g/mol. The van der Waals surface area contributed by atoms with E-state index >= 15 is 0 Å². The van der Waals surface area contributed by atoms with Gasteiger partial charge in [0.2, 0.25) is 0 Å². The van der Waals surface area contributed by atoms with Crippen LogP contribution in [0.3, 0.4) is 0 Å². The van der Waals surface area contributed by atoms with Crippen molar-refractivity contribution in [3.8, 4) is 0 Å². The zero-order valence-corrected chi connectivity index (χ0v) is 8.62. The van der Waals surface area contributed by atoms with Crippen molar-refractivity contribution in [1.29, 1.82) is 0 Å². The van der Waals surface area contributed by atoms with Crippen molar-refractivity contribution >= 4 is 5.90 Å². The van der Waals surface area contributed by atoms with E-state index < -0.39 is 0 Å². The van der Waals surface area contributed by atoms with Crippen LogP contribution in [0.5, 0.6) is 0 Å². The summed E-state index contributed by atoms with van der Waals surface area (Å²) in [5.41, 5.74) is 0. The fourth-order valence-electron chi connectivity index (χ4n) is 1.01. The lowest BCUT2D eigenvalue weighted by molar-refractivity contribution is 0.447. The quantitative estimate of drug-likeness (QED) is 0.349. The van der Waals surface area contributed by atoms with E-state index in [9.17, 15) is 0 Å². The van der Waals surface area contributed by atoms with Crippen LogP contribution < -0.4 is 0 Å². The third-order valence-electron chi connectivity index (χ3n) is 1.63. The van der Waals surface area contributed by atoms with E-state index in [2.05, 4.69) is 32.0 Å². The second kappa shape index (κ2) is 7.59. The highest BCUT2D eigenvalue weighted by molar-refractivity contribution is 5.77. The molecule has 0 heterocycles. The van der Waals surface area contributed by atoms with E-state index in [1.165, 1.54) is 18.9 Å². The lowest BCUT2D eigenvalue weighted by Gasteiger charge is -2.05. The Morgan fingerprint density at radius 3 is 2.62 bits per heavy atom. The lowest BCUT2D eigenvalue weighted by atomic mass is 10.1. The van der Waals surface area contributed by atoms with Crippen molar-refractivity contribution in [2.75, 3.05) is 0 Å². The SMILES string of the molecule is C=CN=C(CCCC(C)C)OC=C. The van der Waals surface area contributed by atoms with Gasteiger partial charge in [0.05, 0.1) is 6.26 Å². The molecule has 0 saturated heterocycles. The summed E-state index contributed by atoms with van der Waals surface area (Å²) in [6.45, 7) is 11.4. The van der Waals surface area contributed by atoms with E-state index in [0.717, 1.165) is 18.8 Å². The fraction of sp³-hybridized carbons (Fsp3) is 0.545. The predicted molar refractivity (Wildman–Crippen MR) is 57.6 cm³/mol. The van der Waals surface area contributed by atoms with Crippen molar-refractivity contribution in [2.24, 2.45) is 10.9 Å². The van der Waals surface area contributed by atoms with Gasteiger partial charge in [0.25, 0.3) is 0 Å². The van der Waals surface area contributed by atoms with Crippen molar-refractivity contribution in [3.05, 3.63) is 25.6 Å². The molecule has 0 rings (SSSR count). The molecule has 0 aromatic carbocycles. The Labute approximate surface area is 81.0 Å². The minimum absolute atomic E-state index is 0.700. The van der Waals surface area contributed by atoms with E-state index in [1.54, 1.807) is 0 Å². The van der Waals surface area contributed by atoms with E-state index in [0.29, 0.717) is 5.90 Å². The number of nitrogens with zero attached hydrogens (tertiary/aromatic N) is 1. The second-order valence-electron chi connectivity index (χ2n) is 3.28. The van der Waals surface area contributed by atoms with Gasteiger partial charge in [0.1, 0.15) is 0 Å². The molecule has 0 aromatic rings. The molecule has 0 spiro atoms. The van der Waals surface area contributed by atoms with Gasteiger partial charge in [-0.25, -0.2) is 4.99 Å². The van der Waals surface area contributed by atoms with Gasteiger partial charge in [-0.1, -0.05) is 33.4 Å². The maximum Gasteiger partial charge on any atom is 0.193 e. The van der Waals surface area contributed by atoms with E-state index in [-0.39, 0.29) is 0 Å². The highest BCUT2D eigenvalue weighted by atomic mass is 16.5. The molecule has 2 nitrogen and oxygen atoms in total. The minimum Gasteiger partial charge on any atom is -0.451 e. The summed E-state index contributed by atoms with van der Waals surface area (Å²) in [6, 6.07) is 0. The summed E-state index contributed by atoms with van der Waals surface area (Å²) >= 11 is 0. The first-order chi connectivity index (χ1) is 6.20. The molecule has 0 aliphatic rings. The Kier molecular flexibility index (Phi) is 6.98. The van der Waals surface area contributed by atoms with Crippen LogP contribution in [-0.2, 0) is 4.74 Å². The van der Waals surface area contributed by atoms with Gasteiger partial charge in [-0.15, -0.1) is 0 Å². The molecule has 0 unspecified atom stereocenters. The number of hydrogen-bond acceptors (Lipinski definition) is 2. The van der Waals surface area contributed by atoms with Gasteiger partial charge < -0.3 is 4.74 Å². The molecule has 0 aliphatic heterocycles. The molecule has 13 heavy (non-hydrogen) atoms. The van der Waals surface area contributed by atoms with Crippen LogP contribution in [0.4, 0.5) is 0 Å². The van der Waals surface area contributed by atoms with Crippen LogP contribution in [0, 0.1) is 5.92 Å². The Morgan fingerprint density at radius 2 is 2.15 bits per heavy atom. The molecule has 0 amide bonds. The molecule has 0 bridgehead atoms. The highest BCUT2D eigenvalue weighted by Crippen LogP contribution is 2.07. The third-order valence-corrected chi connectivity index (χ3v) is 1.63. The molecule has 0 atom stereocenters. The van der Waals surface area contributed by atoms with Crippen LogP contribution in [-0.4, -0.2) is 5.90 Å². The summed E-state index contributed by atoms with van der Waals surface area (Å²) in [6.07, 6.45) is 6.04. The molecule has 0 saturated carbocycles. The van der Waals surface area contributed by atoms with E-state index in [1.807, 2.05) is 0 Å². The standard InChI is InChI=1S/C11H19NO/c1-5-12-11(13-6-2)9-7-8-10(3)4/h5-6,10H,1-2,7-9H2,3-4H3. The molecule has 74 valence electrons. The van der Waals surface area contributed by atoms with Crippen molar-refractivity contribution < 1.29 is 4.74 Å². The number of hydrogen-bond donors (Lipinski definition) is 0. The van der Waals surface area contributed by atoms with Gasteiger partial charge >= 0.3 is 0 Å². The maximum atomic E-state index is 5.11. The van der Waals surface area contributed by atoms with Gasteiger partial charge in [0, 0.05) is 12.6 Å². The first kappa shape index (κ1) is 11.9. The zero-order valence-electron chi connectivity index (χ0n) is 8.62. The van der Waals surface area contributed by atoms with E-state index in [4.69, 9.17) is 4.74 Å². The smallest absolute Gasteiger partial charge is 0.193 e. The average Bonchev–Trinajstić information content (AvgIpc) is 2.04. The van der Waals surface area contributed by atoms with Crippen molar-refractivity contribution in [1.82, 2.24) is 0 Å². The van der Waals surface area contributed by atoms with Gasteiger partial charge in [0.15, 0.2) is 5.90 Å². The van der Waals surface area contributed by atoms with Crippen LogP contribution in [0.2, 0.25) is 0 Å². The summed E-state index contributed by atoms with van der Waals surface area (Å²) in [5, 5.41) is 0. The Morgan fingerprint density at radius 1 is 1.46 bits per heavy atom. The number of rotatable bonds is 6. The highest BCUT2D eigenvalue weighted by Gasteiger charge is 1.99. The van der Waals surface area contributed by atoms with Gasteiger partial charge in [-0.3, -0.25) is 0 Å². The van der Waals surface area contributed by atoms with Crippen LogP contribution in [0.1, 0.15) is 33.1 Å². The van der Waals surface area contributed by atoms with Crippen LogP contribution in [0.15, 0.2) is 30.6 Å². The Balaban J connectivity index is 3.75. The summed E-state index contributed by atoms with van der Waals surface area (Å²) < 4.78 is 5.11. The van der Waals surface area contributed by atoms with Crippen LogP contribution in [0.25, 0.3) is 0 Å². The van der Waals surface area contributed by atoms with Gasteiger partial charge in [-0.05, 0) is 12.3 Å². The second-order valence-corrected chi connectivity index (χ2v) is 3.28. The largest absolute Gasteiger partial charge is 0.451 e. The molecular formula is C11H19NO. The average molecular weight is 181 g/mol. The first-order valence-corrected chi connectivity index (χ1v) is 4.65. The van der Waals surface area contributed by atoms with Crippen molar-refractivity contribution in [2.45, 2.75) is 33.1 Å². The topological polar surface area (TPSA) is 21.6 Å². The fourth-order valence-corrected chi connectivity index (χ4v) is 1.01. The Bertz CT molecular complexity index is 183. The summed E-state index contributed by atoms with van der Waals surface area (Å²) in [5.74, 6) is 1.43. The first-order valence-electron chi connectivity index (χ1n) is 4.65. The zero-order chi connectivity index (χ0) is 10.1. The molecule has 0 N–H and O–H groups in total. The molecule has 0 aromatic heterocycles. The Hall–Kier alpha value is -1.05. The number of aliphatic imine (C=N–C) groups is 1. The van der Waals surface area contributed by atoms with Gasteiger partial charge in [-0.2, -0.15) is 0 Å². The summed E-state index contributed by atoms with van der Waals surface area (Å²) in [7, 11) is 0. The molecule has 0 radical (unpaired) electrons.